The van der Waals surface area contributed by atoms with Crippen molar-refractivity contribution in [2.75, 3.05) is 20.8 Å². The first-order valence-electron chi connectivity index (χ1n) is 12.3. The van der Waals surface area contributed by atoms with Crippen molar-refractivity contribution < 1.29 is 19.0 Å². The summed E-state index contributed by atoms with van der Waals surface area (Å²) in [6.07, 6.45) is 1.83. The summed E-state index contributed by atoms with van der Waals surface area (Å²) < 4.78 is 20.7. The number of carbonyl (C=O) groups excluding carboxylic acids is 1. The van der Waals surface area contributed by atoms with E-state index in [1.807, 2.05) is 72.8 Å². The number of aromatic nitrogens is 1. The molecule has 0 saturated carbocycles. The zero-order valence-corrected chi connectivity index (χ0v) is 26.9. The van der Waals surface area contributed by atoms with Gasteiger partial charge >= 0.3 is 5.97 Å². The molecule has 1 aliphatic heterocycles. The summed E-state index contributed by atoms with van der Waals surface area (Å²) in [5, 5.41) is 0. The Bertz CT molecular complexity index is 1810. The minimum absolute atomic E-state index is 0.185. The lowest BCUT2D eigenvalue weighted by Gasteiger charge is -2.26. The molecule has 7 nitrogen and oxygen atoms in total. The Balaban J connectivity index is 1.86. The van der Waals surface area contributed by atoms with Crippen LogP contribution in [0.25, 0.3) is 11.8 Å². The minimum Gasteiger partial charge on any atom is -0.497 e. The van der Waals surface area contributed by atoms with Crippen LogP contribution in [0, 0.1) is 7.14 Å². The highest BCUT2D eigenvalue weighted by Gasteiger charge is 2.35. The van der Waals surface area contributed by atoms with Crippen LogP contribution in [0.15, 0.2) is 82.1 Å². The van der Waals surface area contributed by atoms with Gasteiger partial charge in [-0.25, -0.2) is 9.79 Å². The number of esters is 1. The zero-order valence-electron chi connectivity index (χ0n) is 21.8. The van der Waals surface area contributed by atoms with Crippen molar-refractivity contribution in [2.24, 2.45) is 4.99 Å². The number of methoxy groups -OCH3 is 2. The van der Waals surface area contributed by atoms with Gasteiger partial charge in [0.1, 0.15) is 11.5 Å². The number of hydrogen-bond donors (Lipinski definition) is 0. The Labute approximate surface area is 262 Å². The highest BCUT2D eigenvalue weighted by atomic mass is 127. The third-order valence-corrected chi connectivity index (χ3v) is 8.72. The van der Waals surface area contributed by atoms with Crippen LogP contribution in [0.5, 0.6) is 11.5 Å². The second kappa shape index (κ2) is 12.3. The Morgan fingerprint density at radius 2 is 1.82 bits per heavy atom. The second-order valence-electron chi connectivity index (χ2n) is 8.72. The van der Waals surface area contributed by atoms with Crippen LogP contribution in [-0.4, -0.2) is 31.4 Å². The minimum atomic E-state index is -0.777. The lowest BCUT2D eigenvalue weighted by molar-refractivity contribution is -0.138. The van der Waals surface area contributed by atoms with E-state index in [-0.39, 0.29) is 12.2 Å². The van der Waals surface area contributed by atoms with Gasteiger partial charge in [0.2, 0.25) is 0 Å². The molecule has 0 fully saturated rings. The molecule has 10 heteroatoms. The monoisotopic (exact) mass is 778 g/mol. The molecule has 0 N–H and O–H groups in total. The van der Waals surface area contributed by atoms with E-state index >= 15 is 0 Å². The molecule has 1 atom stereocenters. The van der Waals surface area contributed by atoms with Crippen molar-refractivity contribution in [1.29, 1.82) is 0 Å². The summed E-state index contributed by atoms with van der Waals surface area (Å²) >= 11 is 5.75. The summed E-state index contributed by atoms with van der Waals surface area (Å²) in [5.41, 5.74) is 2.75. The Hall–Kier alpha value is -2.97. The Morgan fingerprint density at radius 1 is 1.05 bits per heavy atom. The van der Waals surface area contributed by atoms with Crippen LogP contribution >= 0.6 is 56.5 Å². The van der Waals surface area contributed by atoms with Crippen molar-refractivity contribution in [2.45, 2.75) is 13.0 Å². The van der Waals surface area contributed by atoms with Gasteiger partial charge in [0.15, 0.2) is 4.80 Å². The quantitative estimate of drug-likeness (QED) is 0.192. The SMILES string of the molecule is CCOC(=O)C1=C(c2ccccc2)N=c2s/c(=C\c3cc(I)cc(I)c3OC)c(=O)n2[C@H]1c1cccc(OC)c1. The van der Waals surface area contributed by atoms with Crippen molar-refractivity contribution in [3.8, 4) is 11.5 Å². The van der Waals surface area contributed by atoms with E-state index in [1.54, 1.807) is 25.7 Å². The van der Waals surface area contributed by atoms with Crippen molar-refractivity contribution in [3.05, 3.63) is 116 Å². The maximum absolute atomic E-state index is 14.1. The van der Waals surface area contributed by atoms with E-state index in [0.29, 0.717) is 37.7 Å². The van der Waals surface area contributed by atoms with Gasteiger partial charge in [0, 0.05) is 14.7 Å². The molecule has 0 bridgehead atoms. The van der Waals surface area contributed by atoms with Crippen molar-refractivity contribution in [3.63, 3.8) is 0 Å². The van der Waals surface area contributed by atoms with Crippen LogP contribution in [-0.2, 0) is 9.53 Å². The molecule has 0 unspecified atom stereocenters. The molecule has 1 aromatic heterocycles. The molecule has 0 aliphatic carbocycles. The molecule has 0 saturated heterocycles. The molecule has 0 radical (unpaired) electrons. The predicted molar refractivity (Wildman–Crippen MR) is 172 cm³/mol. The van der Waals surface area contributed by atoms with Crippen molar-refractivity contribution >= 4 is 74.3 Å². The maximum atomic E-state index is 14.1. The third kappa shape index (κ3) is 5.48. The molecule has 4 aromatic rings. The average Bonchev–Trinajstić information content (AvgIpc) is 3.26. The molecule has 1 aliphatic rings. The lowest BCUT2D eigenvalue weighted by Crippen LogP contribution is -2.40. The first-order valence-corrected chi connectivity index (χ1v) is 15.3. The Kier molecular flexibility index (Phi) is 8.76. The molecular formula is C30H24I2N2O5S. The van der Waals surface area contributed by atoms with E-state index in [2.05, 4.69) is 45.2 Å². The number of ether oxygens (including phenoxy) is 3. The fourth-order valence-electron chi connectivity index (χ4n) is 4.61. The normalized spacial score (nSPS) is 14.9. The van der Waals surface area contributed by atoms with E-state index < -0.39 is 12.0 Å². The molecule has 3 aromatic carbocycles. The number of rotatable bonds is 7. The second-order valence-corrected chi connectivity index (χ2v) is 12.1. The van der Waals surface area contributed by atoms with Gasteiger partial charge in [0.05, 0.1) is 46.2 Å². The van der Waals surface area contributed by atoms with Gasteiger partial charge in [-0.3, -0.25) is 9.36 Å². The average molecular weight is 778 g/mol. The van der Waals surface area contributed by atoms with Crippen LogP contribution < -0.4 is 24.4 Å². The fourth-order valence-corrected chi connectivity index (χ4v) is 7.71. The van der Waals surface area contributed by atoms with E-state index in [0.717, 1.165) is 18.3 Å². The third-order valence-electron chi connectivity index (χ3n) is 6.31. The topological polar surface area (TPSA) is 79.1 Å². The van der Waals surface area contributed by atoms with Gasteiger partial charge in [-0.15, -0.1) is 0 Å². The Morgan fingerprint density at radius 3 is 2.52 bits per heavy atom. The molecule has 204 valence electrons. The highest BCUT2D eigenvalue weighted by molar-refractivity contribution is 14.1. The number of benzene rings is 3. The molecule has 0 amide bonds. The largest absolute Gasteiger partial charge is 0.497 e. The molecule has 2 heterocycles. The number of hydrogen-bond acceptors (Lipinski definition) is 7. The maximum Gasteiger partial charge on any atom is 0.338 e. The van der Waals surface area contributed by atoms with Gasteiger partial charge in [0.25, 0.3) is 5.56 Å². The highest BCUT2D eigenvalue weighted by Crippen LogP contribution is 2.36. The first-order chi connectivity index (χ1) is 19.4. The summed E-state index contributed by atoms with van der Waals surface area (Å²) in [4.78, 5) is 33.1. The smallest absolute Gasteiger partial charge is 0.338 e. The number of carbonyl (C=O) groups is 1. The van der Waals surface area contributed by atoms with E-state index in [9.17, 15) is 9.59 Å². The van der Waals surface area contributed by atoms with Crippen LogP contribution in [0.2, 0.25) is 0 Å². The number of thiazole rings is 1. The molecular weight excluding hydrogens is 754 g/mol. The number of fused-ring (bicyclic) bond motifs is 1. The van der Waals surface area contributed by atoms with Gasteiger partial charge < -0.3 is 14.2 Å². The van der Waals surface area contributed by atoms with Crippen LogP contribution in [0.1, 0.15) is 29.7 Å². The number of halogens is 2. The number of nitrogens with zero attached hydrogens (tertiary/aromatic N) is 2. The molecule has 40 heavy (non-hydrogen) atoms. The fraction of sp³-hybridized carbons (Fsp3) is 0.167. The zero-order chi connectivity index (χ0) is 28.4. The van der Waals surface area contributed by atoms with Gasteiger partial charge in [-0.1, -0.05) is 53.8 Å². The van der Waals surface area contributed by atoms with Gasteiger partial charge in [-0.05, 0) is 88.0 Å². The summed E-state index contributed by atoms with van der Waals surface area (Å²) in [5.74, 6) is 0.772. The standard InChI is InChI=1S/C30H24I2N2O5S/c1-4-39-29(36)24-25(17-9-6-5-7-10-17)33-30-34(26(24)18-11-8-12-21(14-18)37-2)28(35)23(40-30)15-19-13-20(31)16-22(32)27(19)38-3/h5-16,26H,4H2,1-3H3/b23-15-/t26-/m0/s1. The molecule has 5 rings (SSSR count). The summed E-state index contributed by atoms with van der Waals surface area (Å²) in [6, 6.07) is 20.1. The molecule has 0 spiro atoms. The lowest BCUT2D eigenvalue weighted by atomic mass is 9.93. The summed E-state index contributed by atoms with van der Waals surface area (Å²) in [7, 11) is 3.20. The van der Waals surface area contributed by atoms with Crippen LogP contribution in [0.3, 0.4) is 0 Å². The summed E-state index contributed by atoms with van der Waals surface area (Å²) in [6.45, 7) is 1.94. The van der Waals surface area contributed by atoms with E-state index in [4.69, 9.17) is 19.2 Å². The van der Waals surface area contributed by atoms with Crippen molar-refractivity contribution in [1.82, 2.24) is 4.57 Å². The van der Waals surface area contributed by atoms with Crippen LogP contribution in [0.4, 0.5) is 0 Å². The first kappa shape index (κ1) is 28.6. The predicted octanol–water partition coefficient (Wildman–Crippen LogP) is 5.16. The van der Waals surface area contributed by atoms with E-state index in [1.165, 1.54) is 11.3 Å². The van der Waals surface area contributed by atoms with Gasteiger partial charge in [-0.2, -0.15) is 0 Å².